The van der Waals surface area contributed by atoms with E-state index >= 15 is 0 Å². The molecule has 1 saturated carbocycles. The third-order valence-electron chi connectivity index (χ3n) is 5.27. The van der Waals surface area contributed by atoms with E-state index in [1.165, 1.54) is 16.9 Å². The average molecular weight is 351 g/mol. The molecule has 2 atom stereocenters. The summed E-state index contributed by atoms with van der Waals surface area (Å²) in [5, 5.41) is 0.825. The van der Waals surface area contributed by atoms with Crippen molar-refractivity contribution in [3.63, 3.8) is 0 Å². The van der Waals surface area contributed by atoms with Gasteiger partial charge in [0.2, 0.25) is 0 Å². The molecule has 0 spiro atoms. The maximum Gasteiger partial charge on any atom is 0.272 e. The number of methoxy groups -OCH3 is 1. The highest BCUT2D eigenvalue weighted by atomic mass is 32.1. The number of thiophene rings is 1. The largest absolute Gasteiger partial charge is 0.496 e. The monoisotopic (exact) mass is 351 g/mol. The quantitative estimate of drug-likeness (QED) is 0.662. The van der Waals surface area contributed by atoms with Gasteiger partial charge in [0.25, 0.3) is 5.56 Å². The number of nitrogens with zero attached hydrogens (tertiary/aromatic N) is 3. The summed E-state index contributed by atoms with van der Waals surface area (Å²) in [6.07, 6.45) is 12.0. The molecule has 0 amide bonds. The predicted octanol–water partition coefficient (Wildman–Crippen LogP) is 3.64. The molecule has 0 bridgehead atoms. The standard InChI is InChI=1S/C19H17N3O2S/c1-11-4-3-6-19(9-12(19)8-11)22-10-21-15-14-13(24-2)5-7-20-17(14)25-16(15)18(22)23/h3,5-8,10,12H,4,9H2,1-2H3. The summed E-state index contributed by atoms with van der Waals surface area (Å²) < 4.78 is 7.89. The molecule has 5 nitrogen and oxygen atoms in total. The number of hydrogen-bond donors (Lipinski definition) is 0. The van der Waals surface area contributed by atoms with Gasteiger partial charge in [-0.2, -0.15) is 0 Å². The Morgan fingerprint density at radius 2 is 2.28 bits per heavy atom. The highest BCUT2D eigenvalue weighted by Gasteiger charge is 2.54. The molecule has 25 heavy (non-hydrogen) atoms. The number of hydrogen-bond acceptors (Lipinski definition) is 5. The summed E-state index contributed by atoms with van der Waals surface area (Å²) in [6.45, 7) is 2.15. The molecule has 0 aromatic carbocycles. The molecule has 0 radical (unpaired) electrons. The minimum Gasteiger partial charge on any atom is -0.496 e. The van der Waals surface area contributed by atoms with Crippen molar-refractivity contribution in [3.05, 3.63) is 52.7 Å². The van der Waals surface area contributed by atoms with E-state index in [0.717, 1.165) is 23.1 Å². The van der Waals surface area contributed by atoms with Crippen molar-refractivity contribution in [1.29, 1.82) is 0 Å². The van der Waals surface area contributed by atoms with Crippen LogP contribution in [-0.2, 0) is 5.54 Å². The van der Waals surface area contributed by atoms with Crippen molar-refractivity contribution in [2.75, 3.05) is 7.11 Å². The Balaban J connectivity index is 1.77. The lowest BCUT2D eigenvalue weighted by Gasteiger charge is -2.15. The Morgan fingerprint density at radius 3 is 3.12 bits per heavy atom. The van der Waals surface area contributed by atoms with Crippen LogP contribution in [0.2, 0.25) is 0 Å². The molecule has 3 aromatic heterocycles. The van der Waals surface area contributed by atoms with Crippen LogP contribution in [0.5, 0.6) is 5.75 Å². The molecular weight excluding hydrogens is 334 g/mol. The Labute approximate surface area is 148 Å². The maximum atomic E-state index is 13.2. The molecule has 0 saturated heterocycles. The normalized spacial score (nSPS) is 24.9. The zero-order valence-corrected chi connectivity index (χ0v) is 14.8. The molecule has 5 rings (SSSR count). The number of rotatable bonds is 2. The Morgan fingerprint density at radius 1 is 1.40 bits per heavy atom. The molecule has 2 unspecified atom stereocenters. The number of aromatic nitrogens is 3. The van der Waals surface area contributed by atoms with Gasteiger partial charge in [-0.15, -0.1) is 11.3 Å². The van der Waals surface area contributed by atoms with Crippen LogP contribution in [0, 0.1) is 5.92 Å². The fraction of sp³-hybridized carbons (Fsp3) is 0.316. The van der Waals surface area contributed by atoms with Gasteiger partial charge < -0.3 is 4.74 Å². The molecule has 3 aromatic rings. The number of pyridine rings is 1. The van der Waals surface area contributed by atoms with Crippen LogP contribution in [0.4, 0.5) is 0 Å². The van der Waals surface area contributed by atoms with Crippen molar-refractivity contribution in [2.24, 2.45) is 5.92 Å². The summed E-state index contributed by atoms with van der Waals surface area (Å²) in [6, 6.07) is 1.80. The molecule has 3 heterocycles. The molecule has 6 heteroatoms. The second-order valence-corrected chi connectivity index (χ2v) is 7.81. The van der Waals surface area contributed by atoms with Gasteiger partial charge in [0, 0.05) is 12.1 Å². The summed E-state index contributed by atoms with van der Waals surface area (Å²) in [7, 11) is 1.62. The van der Waals surface area contributed by atoms with Gasteiger partial charge in [0.1, 0.15) is 20.8 Å². The van der Waals surface area contributed by atoms with E-state index in [9.17, 15) is 4.79 Å². The second-order valence-electron chi connectivity index (χ2n) is 6.81. The van der Waals surface area contributed by atoms with Crippen LogP contribution in [0.1, 0.15) is 19.8 Å². The lowest BCUT2D eigenvalue weighted by molar-refractivity contribution is 0.420. The zero-order valence-electron chi connectivity index (χ0n) is 14.0. The van der Waals surface area contributed by atoms with Crippen molar-refractivity contribution < 1.29 is 4.74 Å². The fourth-order valence-corrected chi connectivity index (χ4v) is 4.94. The van der Waals surface area contributed by atoms with Crippen LogP contribution in [0.3, 0.4) is 0 Å². The summed E-state index contributed by atoms with van der Waals surface area (Å²) >= 11 is 1.39. The van der Waals surface area contributed by atoms with Gasteiger partial charge in [-0.1, -0.05) is 23.8 Å². The Kier molecular flexibility index (Phi) is 2.98. The van der Waals surface area contributed by atoms with E-state index in [2.05, 4.69) is 35.1 Å². The third kappa shape index (κ3) is 1.97. The van der Waals surface area contributed by atoms with Crippen LogP contribution >= 0.6 is 11.3 Å². The first kappa shape index (κ1) is 14.8. The van der Waals surface area contributed by atoms with Gasteiger partial charge >= 0.3 is 0 Å². The van der Waals surface area contributed by atoms with E-state index in [0.29, 0.717) is 21.9 Å². The van der Waals surface area contributed by atoms with Crippen molar-refractivity contribution in [2.45, 2.75) is 25.3 Å². The molecule has 2 aliphatic rings. The lowest BCUT2D eigenvalue weighted by atomic mass is 10.2. The maximum absolute atomic E-state index is 13.2. The molecule has 126 valence electrons. The summed E-state index contributed by atoms with van der Waals surface area (Å²) in [5.41, 5.74) is 1.81. The van der Waals surface area contributed by atoms with Crippen molar-refractivity contribution >= 4 is 31.8 Å². The smallest absolute Gasteiger partial charge is 0.272 e. The topological polar surface area (TPSA) is 57.0 Å². The Hall–Kier alpha value is -2.47. The van der Waals surface area contributed by atoms with Crippen LogP contribution in [-0.4, -0.2) is 21.6 Å². The van der Waals surface area contributed by atoms with Crippen LogP contribution in [0.15, 0.2) is 47.2 Å². The van der Waals surface area contributed by atoms with E-state index < -0.39 is 0 Å². The highest BCUT2D eigenvalue weighted by molar-refractivity contribution is 7.25. The first-order valence-corrected chi connectivity index (χ1v) is 9.14. The molecular formula is C19H17N3O2S. The zero-order chi connectivity index (χ0) is 17.2. The molecule has 0 N–H and O–H groups in total. The fourth-order valence-electron chi connectivity index (χ4n) is 3.90. The van der Waals surface area contributed by atoms with Gasteiger partial charge in [-0.05, 0) is 25.8 Å². The van der Waals surface area contributed by atoms with Crippen molar-refractivity contribution in [1.82, 2.24) is 14.5 Å². The van der Waals surface area contributed by atoms with Gasteiger partial charge in [0.15, 0.2) is 0 Å². The second kappa shape index (κ2) is 5.02. The molecule has 2 aliphatic carbocycles. The summed E-state index contributed by atoms with van der Waals surface area (Å²) in [4.78, 5) is 23.0. The van der Waals surface area contributed by atoms with E-state index in [-0.39, 0.29) is 11.1 Å². The highest BCUT2D eigenvalue weighted by Crippen LogP contribution is 2.53. The first-order valence-electron chi connectivity index (χ1n) is 8.32. The van der Waals surface area contributed by atoms with Crippen molar-refractivity contribution in [3.8, 4) is 5.75 Å². The van der Waals surface area contributed by atoms with E-state index in [4.69, 9.17) is 4.74 Å². The average Bonchev–Trinajstić information content (AvgIpc) is 3.17. The predicted molar refractivity (Wildman–Crippen MR) is 99.3 cm³/mol. The first-order chi connectivity index (χ1) is 12.1. The number of allylic oxidation sites excluding steroid dienone is 4. The number of ether oxygens (including phenoxy) is 1. The lowest BCUT2D eigenvalue weighted by Crippen LogP contribution is -2.30. The molecule has 0 aliphatic heterocycles. The third-order valence-corrected chi connectivity index (χ3v) is 6.35. The number of fused-ring (bicyclic) bond motifs is 4. The minimum atomic E-state index is -0.246. The van der Waals surface area contributed by atoms with E-state index in [1.54, 1.807) is 25.7 Å². The minimum absolute atomic E-state index is 0.00940. The Bertz CT molecular complexity index is 1140. The van der Waals surface area contributed by atoms with Crippen LogP contribution in [0.25, 0.3) is 20.4 Å². The van der Waals surface area contributed by atoms with Crippen LogP contribution < -0.4 is 10.3 Å². The van der Waals surface area contributed by atoms with Gasteiger partial charge in [-0.25, -0.2) is 9.97 Å². The van der Waals surface area contributed by atoms with Gasteiger partial charge in [0.05, 0.1) is 24.4 Å². The van der Waals surface area contributed by atoms with E-state index in [1.807, 2.05) is 4.57 Å². The summed E-state index contributed by atoms with van der Waals surface area (Å²) in [5.74, 6) is 1.08. The SMILES string of the molecule is COc1ccnc2sc3c(=O)n(C45C=CCC(C)=CC4C5)cnc3c12. The van der Waals surface area contributed by atoms with Gasteiger partial charge in [-0.3, -0.25) is 9.36 Å². The molecule has 1 fully saturated rings.